The molecular formula is C21H26N2O4S. The van der Waals surface area contributed by atoms with Crippen molar-refractivity contribution in [2.75, 3.05) is 17.1 Å². The van der Waals surface area contributed by atoms with E-state index in [1.54, 1.807) is 24.3 Å². The highest BCUT2D eigenvalue weighted by Gasteiger charge is 2.31. The summed E-state index contributed by atoms with van der Waals surface area (Å²) >= 11 is 0. The van der Waals surface area contributed by atoms with Crippen molar-refractivity contribution in [2.45, 2.75) is 39.3 Å². The zero-order valence-corrected chi connectivity index (χ0v) is 17.4. The van der Waals surface area contributed by atoms with Crippen molar-refractivity contribution in [1.82, 2.24) is 5.32 Å². The molecule has 1 aliphatic rings. The van der Waals surface area contributed by atoms with Gasteiger partial charge in [-0.1, -0.05) is 30.3 Å². The minimum atomic E-state index is -3.47. The number of sulfonamides is 1. The summed E-state index contributed by atoms with van der Waals surface area (Å²) < 4.78 is 31.5. The third-order valence-corrected chi connectivity index (χ3v) is 6.26. The summed E-state index contributed by atoms with van der Waals surface area (Å²) in [5.74, 6) is 0.139. The maximum atomic E-state index is 12.8. The molecule has 0 unspecified atom stereocenters. The Kier molecular flexibility index (Phi) is 5.65. The van der Waals surface area contributed by atoms with Crippen molar-refractivity contribution >= 4 is 21.6 Å². The van der Waals surface area contributed by atoms with Crippen LogP contribution in [0.4, 0.5) is 5.69 Å². The lowest BCUT2D eigenvalue weighted by Gasteiger charge is -2.21. The molecule has 150 valence electrons. The van der Waals surface area contributed by atoms with Crippen molar-refractivity contribution in [3.63, 3.8) is 0 Å². The standard InChI is InChI=1S/C21H26N2O4S/c1-14-9-10-17(13-15(14)2)16(3)22-21(24)20-11-12-23(28(4,25)26)18-7-5-6-8-19(18)27-20/h5-10,13,16,20H,11-12H2,1-4H3,(H,22,24)/t16-,20+/m0/s1. The molecule has 3 rings (SSSR count). The van der Waals surface area contributed by atoms with Crippen molar-refractivity contribution < 1.29 is 17.9 Å². The number of nitrogens with zero attached hydrogens (tertiary/aromatic N) is 1. The molecule has 0 spiro atoms. The first-order chi connectivity index (χ1) is 13.2. The predicted molar refractivity (Wildman–Crippen MR) is 110 cm³/mol. The van der Waals surface area contributed by atoms with E-state index in [1.165, 1.54) is 15.4 Å². The average Bonchev–Trinajstić information content (AvgIpc) is 2.83. The number of rotatable bonds is 4. The Labute approximate surface area is 166 Å². The lowest BCUT2D eigenvalue weighted by molar-refractivity contribution is -0.128. The van der Waals surface area contributed by atoms with Gasteiger partial charge in [-0.05, 0) is 49.6 Å². The summed E-state index contributed by atoms with van der Waals surface area (Å²) in [6, 6.07) is 12.8. The minimum absolute atomic E-state index is 0.181. The van der Waals surface area contributed by atoms with Gasteiger partial charge in [0.2, 0.25) is 10.0 Å². The number of fused-ring (bicyclic) bond motifs is 1. The summed E-state index contributed by atoms with van der Waals surface area (Å²) in [4.78, 5) is 12.8. The molecule has 0 bridgehead atoms. The van der Waals surface area contributed by atoms with Crippen LogP contribution in [0.2, 0.25) is 0 Å². The monoisotopic (exact) mass is 402 g/mol. The van der Waals surface area contributed by atoms with E-state index in [9.17, 15) is 13.2 Å². The quantitative estimate of drug-likeness (QED) is 0.853. The van der Waals surface area contributed by atoms with Gasteiger partial charge in [0, 0.05) is 13.0 Å². The van der Waals surface area contributed by atoms with E-state index in [2.05, 4.69) is 11.4 Å². The normalized spacial score (nSPS) is 17.9. The predicted octanol–water partition coefficient (Wildman–Crippen LogP) is 3.10. The molecule has 0 fully saturated rings. The fourth-order valence-electron chi connectivity index (χ4n) is 3.28. The number of benzene rings is 2. The molecule has 7 heteroatoms. The first-order valence-corrected chi connectivity index (χ1v) is 11.1. The molecule has 2 atom stereocenters. The van der Waals surface area contributed by atoms with E-state index >= 15 is 0 Å². The van der Waals surface area contributed by atoms with Gasteiger partial charge >= 0.3 is 0 Å². The molecule has 0 saturated heterocycles. The summed E-state index contributed by atoms with van der Waals surface area (Å²) in [5.41, 5.74) is 3.85. The highest BCUT2D eigenvalue weighted by molar-refractivity contribution is 7.92. The number of amides is 1. The molecule has 0 aliphatic carbocycles. The fourth-order valence-corrected chi connectivity index (χ4v) is 4.23. The molecule has 28 heavy (non-hydrogen) atoms. The number of aryl methyl sites for hydroxylation is 2. The van der Waals surface area contributed by atoms with Gasteiger partial charge in [0.05, 0.1) is 18.0 Å². The Balaban J connectivity index is 1.79. The van der Waals surface area contributed by atoms with E-state index in [0.717, 1.165) is 11.8 Å². The molecule has 1 aliphatic heterocycles. The molecule has 1 amide bonds. The molecule has 0 saturated carbocycles. The van der Waals surface area contributed by atoms with Crippen molar-refractivity contribution in [3.05, 3.63) is 59.2 Å². The number of hydrogen-bond acceptors (Lipinski definition) is 4. The zero-order chi connectivity index (χ0) is 20.5. The average molecular weight is 403 g/mol. The second-order valence-corrected chi connectivity index (χ2v) is 9.18. The number of carbonyl (C=O) groups excluding carboxylic acids is 1. The van der Waals surface area contributed by atoms with Crippen LogP contribution in [0.5, 0.6) is 5.75 Å². The second kappa shape index (κ2) is 7.83. The lowest BCUT2D eigenvalue weighted by atomic mass is 10.0. The van der Waals surface area contributed by atoms with Gasteiger partial charge < -0.3 is 10.1 Å². The van der Waals surface area contributed by atoms with Crippen LogP contribution in [-0.2, 0) is 14.8 Å². The summed E-state index contributed by atoms with van der Waals surface area (Å²) in [6.07, 6.45) is 0.668. The lowest BCUT2D eigenvalue weighted by Crippen LogP contribution is -2.40. The van der Waals surface area contributed by atoms with Gasteiger partial charge in [0.1, 0.15) is 5.75 Å². The number of para-hydroxylation sites is 2. The van der Waals surface area contributed by atoms with Crippen LogP contribution in [0.3, 0.4) is 0 Å². The maximum absolute atomic E-state index is 12.8. The van der Waals surface area contributed by atoms with Crippen molar-refractivity contribution in [2.24, 2.45) is 0 Å². The first-order valence-electron chi connectivity index (χ1n) is 9.27. The maximum Gasteiger partial charge on any atom is 0.261 e. The number of hydrogen-bond donors (Lipinski definition) is 1. The van der Waals surface area contributed by atoms with Crippen LogP contribution in [0, 0.1) is 13.8 Å². The molecule has 0 aromatic heterocycles. The molecular weight excluding hydrogens is 376 g/mol. The third-order valence-electron chi connectivity index (χ3n) is 5.08. The van der Waals surface area contributed by atoms with Crippen LogP contribution in [0.1, 0.15) is 36.1 Å². The molecule has 1 N–H and O–H groups in total. The smallest absolute Gasteiger partial charge is 0.261 e. The molecule has 1 heterocycles. The SMILES string of the molecule is Cc1ccc([C@H](C)NC(=O)[C@H]2CCN(S(C)(=O)=O)c3ccccc3O2)cc1C. The minimum Gasteiger partial charge on any atom is -0.478 e. The first kappa shape index (κ1) is 20.2. The van der Waals surface area contributed by atoms with Gasteiger partial charge in [-0.25, -0.2) is 8.42 Å². The van der Waals surface area contributed by atoms with Crippen molar-refractivity contribution in [1.29, 1.82) is 0 Å². The van der Waals surface area contributed by atoms with Gasteiger partial charge in [-0.2, -0.15) is 0 Å². The summed E-state index contributed by atoms with van der Waals surface area (Å²) in [6.45, 7) is 6.20. The van der Waals surface area contributed by atoms with Gasteiger partial charge in [0.25, 0.3) is 5.91 Å². The Morgan fingerprint density at radius 1 is 1.18 bits per heavy atom. The van der Waals surface area contributed by atoms with Gasteiger partial charge in [-0.15, -0.1) is 0 Å². The van der Waals surface area contributed by atoms with E-state index in [0.29, 0.717) is 11.4 Å². The van der Waals surface area contributed by atoms with Crippen LogP contribution >= 0.6 is 0 Å². The third kappa shape index (κ3) is 4.30. The Morgan fingerprint density at radius 3 is 2.57 bits per heavy atom. The molecule has 2 aromatic carbocycles. The highest BCUT2D eigenvalue weighted by atomic mass is 32.2. The molecule has 6 nitrogen and oxygen atoms in total. The number of anilines is 1. The summed E-state index contributed by atoms with van der Waals surface area (Å²) in [5, 5.41) is 2.99. The number of ether oxygens (including phenoxy) is 1. The van der Waals surface area contributed by atoms with E-state index in [4.69, 9.17) is 4.74 Å². The largest absolute Gasteiger partial charge is 0.478 e. The number of nitrogens with one attached hydrogen (secondary N) is 1. The van der Waals surface area contributed by atoms with Crippen LogP contribution in [0.25, 0.3) is 0 Å². The Hall–Kier alpha value is -2.54. The fraction of sp³-hybridized carbons (Fsp3) is 0.381. The molecule has 2 aromatic rings. The second-order valence-electron chi connectivity index (χ2n) is 7.27. The summed E-state index contributed by atoms with van der Waals surface area (Å²) in [7, 11) is -3.47. The van der Waals surface area contributed by atoms with E-state index in [1.807, 2.05) is 32.9 Å². The highest BCUT2D eigenvalue weighted by Crippen LogP contribution is 2.34. The van der Waals surface area contributed by atoms with Crippen LogP contribution in [0.15, 0.2) is 42.5 Å². The van der Waals surface area contributed by atoms with Gasteiger partial charge in [0.15, 0.2) is 6.10 Å². The Bertz CT molecular complexity index is 988. The Morgan fingerprint density at radius 2 is 1.89 bits per heavy atom. The van der Waals surface area contributed by atoms with Gasteiger partial charge in [-0.3, -0.25) is 9.10 Å². The molecule has 0 radical (unpaired) electrons. The van der Waals surface area contributed by atoms with E-state index < -0.39 is 16.1 Å². The number of carbonyl (C=O) groups is 1. The zero-order valence-electron chi connectivity index (χ0n) is 16.6. The van der Waals surface area contributed by atoms with Crippen molar-refractivity contribution in [3.8, 4) is 5.75 Å². The van der Waals surface area contributed by atoms with E-state index in [-0.39, 0.29) is 24.9 Å². The topological polar surface area (TPSA) is 75.7 Å². The van der Waals surface area contributed by atoms with Crippen LogP contribution < -0.4 is 14.4 Å². The van der Waals surface area contributed by atoms with Crippen LogP contribution in [-0.4, -0.2) is 33.2 Å².